The number of hydrogen-bond donors (Lipinski definition) is 5. The lowest BCUT2D eigenvalue weighted by molar-refractivity contribution is -0.138. The maximum absolute atomic E-state index is 12.0. The summed E-state index contributed by atoms with van der Waals surface area (Å²) < 4.78 is 11.8. The van der Waals surface area contributed by atoms with Crippen LogP contribution in [0.1, 0.15) is 39.0 Å². The molecule has 5 N–H and O–H groups in total. The van der Waals surface area contributed by atoms with Crippen molar-refractivity contribution in [3.63, 3.8) is 0 Å². The molecule has 0 bridgehead atoms. The first-order valence-electron chi connectivity index (χ1n) is 13.4. The fraction of sp³-hybridized carbons (Fsp3) is 0.286. The first kappa shape index (κ1) is 27.4. The van der Waals surface area contributed by atoms with Crippen LogP contribution in [0.5, 0.6) is 11.5 Å². The Balaban J connectivity index is 1.29. The first-order chi connectivity index (χ1) is 20.1. The summed E-state index contributed by atoms with van der Waals surface area (Å²) in [5, 5.41) is 37.5. The van der Waals surface area contributed by atoms with Gasteiger partial charge in [0.2, 0.25) is 0 Å². The molecular weight excluding hydrogens is 526 g/mol. The zero-order valence-corrected chi connectivity index (χ0v) is 22.5. The minimum Gasteiger partial charge on any atom is -0.480 e. The van der Waals surface area contributed by atoms with E-state index in [1.165, 1.54) is 6.40 Å². The van der Waals surface area contributed by atoms with Crippen molar-refractivity contribution < 1.29 is 19.4 Å². The second-order valence-corrected chi connectivity index (χ2v) is 9.42. The van der Waals surface area contributed by atoms with Gasteiger partial charge in [0.25, 0.3) is 0 Å². The van der Waals surface area contributed by atoms with E-state index in [0.717, 1.165) is 47.9 Å². The van der Waals surface area contributed by atoms with E-state index in [2.05, 4.69) is 53.4 Å². The van der Waals surface area contributed by atoms with Crippen LogP contribution in [0.4, 0.5) is 17.1 Å². The lowest BCUT2D eigenvalue weighted by Gasteiger charge is -2.18. The van der Waals surface area contributed by atoms with Crippen LogP contribution in [0.25, 0.3) is 22.1 Å². The van der Waals surface area contributed by atoms with Crippen LogP contribution in [-0.4, -0.2) is 61.1 Å². The number of carboxylic acids is 1. The Morgan fingerprint density at radius 2 is 1.63 bits per heavy atom. The van der Waals surface area contributed by atoms with Gasteiger partial charge in [0.05, 0.1) is 5.69 Å². The fourth-order valence-corrected chi connectivity index (χ4v) is 4.25. The number of aliphatic carboxylic acids is 1. The van der Waals surface area contributed by atoms with Crippen LogP contribution >= 0.6 is 0 Å². The number of carbonyl (C=O) groups is 1. The summed E-state index contributed by atoms with van der Waals surface area (Å²) in [5.41, 5.74) is 4.94. The van der Waals surface area contributed by atoms with E-state index < -0.39 is 12.0 Å². The van der Waals surface area contributed by atoms with E-state index >= 15 is 0 Å². The van der Waals surface area contributed by atoms with Crippen molar-refractivity contribution in [1.29, 1.82) is 0 Å². The quantitative estimate of drug-likeness (QED) is 0.0494. The molecule has 0 saturated heterocycles. The molecule has 0 aliphatic heterocycles. The summed E-state index contributed by atoms with van der Waals surface area (Å²) >= 11 is 0. The average Bonchev–Trinajstić information content (AvgIpc) is 3.63. The number of ether oxygens (including phenoxy) is 2. The van der Waals surface area contributed by atoms with Crippen LogP contribution in [0.15, 0.2) is 59.6 Å². The summed E-state index contributed by atoms with van der Waals surface area (Å²) in [4.78, 5) is 16.3. The topological polar surface area (TPSA) is 175 Å². The smallest absolute Gasteiger partial charge is 0.326 e. The lowest BCUT2D eigenvalue weighted by atomic mass is 10.1. The zero-order chi connectivity index (χ0) is 28.4. The van der Waals surface area contributed by atoms with Crippen molar-refractivity contribution in [2.45, 2.75) is 45.1 Å². The van der Waals surface area contributed by atoms with Gasteiger partial charge in [-0.1, -0.05) is 32.6 Å². The molecule has 0 fully saturated rings. The number of aromatic amines is 2. The van der Waals surface area contributed by atoms with Gasteiger partial charge in [-0.15, -0.1) is 0 Å². The maximum atomic E-state index is 12.0. The summed E-state index contributed by atoms with van der Waals surface area (Å²) in [6.45, 7) is 2.27. The van der Waals surface area contributed by atoms with Gasteiger partial charge in [-0.25, -0.2) is 9.79 Å². The molecule has 0 saturated carbocycles. The second kappa shape index (κ2) is 13.2. The van der Waals surface area contributed by atoms with Crippen LogP contribution in [-0.2, 0) is 4.79 Å². The summed E-state index contributed by atoms with van der Waals surface area (Å²) in [7, 11) is 0. The normalized spacial score (nSPS) is 12.1. The van der Waals surface area contributed by atoms with E-state index in [4.69, 9.17) is 9.47 Å². The molecule has 0 aliphatic rings. The highest BCUT2D eigenvalue weighted by Crippen LogP contribution is 2.28. The molecule has 13 heteroatoms. The first-order valence-corrected chi connectivity index (χ1v) is 13.4. The Bertz CT molecular complexity index is 1630. The molecule has 2 heterocycles. The zero-order valence-electron chi connectivity index (χ0n) is 22.5. The highest BCUT2D eigenvalue weighted by Gasteiger charge is 2.17. The maximum Gasteiger partial charge on any atom is 0.326 e. The van der Waals surface area contributed by atoms with E-state index in [0.29, 0.717) is 34.8 Å². The summed E-state index contributed by atoms with van der Waals surface area (Å²) in [6, 6.07) is 15.4. The molecule has 5 rings (SSSR count). The third-order valence-corrected chi connectivity index (χ3v) is 6.39. The third kappa shape index (κ3) is 7.47. The molecule has 0 amide bonds. The van der Waals surface area contributed by atoms with Gasteiger partial charge < -0.3 is 25.2 Å². The van der Waals surface area contributed by atoms with Crippen LogP contribution in [0.2, 0.25) is 0 Å². The van der Waals surface area contributed by atoms with Gasteiger partial charge in [-0.2, -0.15) is 30.8 Å². The number of H-pyrrole nitrogens is 2. The lowest BCUT2D eigenvalue weighted by Crippen LogP contribution is -2.29. The van der Waals surface area contributed by atoms with Crippen LogP contribution in [0, 0.1) is 0 Å². The SMILES string of the molecule is CCCCCCC(Nc1cc(OC=Nc2ccc3n[nH]nc3c2)cc(OCNc2ccc3n[nH]nc3c2)c1)C(=O)O. The minimum absolute atomic E-state index is 0.150. The fourth-order valence-electron chi connectivity index (χ4n) is 4.25. The Labute approximate surface area is 235 Å². The standard InChI is InChI=1S/C28H31N9O4/c1-2-3-4-5-6-25(28(38)39)31-20-11-21(40-16-29-18-7-9-23-26(13-18)34-36-32-23)15-22(12-20)41-17-30-19-8-10-24-27(14-19)35-37-33-24/h7-16,25,30-31H,2-6,17H2,1H3,(H,38,39)(H,32,34,36)(H,33,35,37). The number of nitrogens with one attached hydrogen (secondary N) is 4. The van der Waals surface area contributed by atoms with Crippen molar-refractivity contribution >= 4 is 51.5 Å². The Morgan fingerprint density at radius 1 is 0.902 bits per heavy atom. The number of aliphatic imine (C=N–C) groups is 1. The van der Waals surface area contributed by atoms with E-state index in [9.17, 15) is 9.90 Å². The monoisotopic (exact) mass is 557 g/mol. The molecule has 0 radical (unpaired) electrons. The van der Waals surface area contributed by atoms with Crippen molar-refractivity contribution in [3.8, 4) is 11.5 Å². The van der Waals surface area contributed by atoms with Gasteiger partial charge in [-0.05, 0) is 42.8 Å². The molecule has 2 aromatic heterocycles. The molecule has 0 spiro atoms. The Morgan fingerprint density at radius 3 is 2.41 bits per heavy atom. The summed E-state index contributed by atoms with van der Waals surface area (Å²) in [6.07, 6.45) is 5.79. The molecule has 13 nitrogen and oxygen atoms in total. The van der Waals surface area contributed by atoms with Crippen molar-refractivity contribution in [2.75, 3.05) is 17.4 Å². The van der Waals surface area contributed by atoms with Gasteiger partial charge in [0.1, 0.15) is 39.6 Å². The van der Waals surface area contributed by atoms with Gasteiger partial charge >= 0.3 is 5.97 Å². The van der Waals surface area contributed by atoms with Gasteiger partial charge in [-0.3, -0.25) is 0 Å². The van der Waals surface area contributed by atoms with Gasteiger partial charge in [0, 0.05) is 29.6 Å². The van der Waals surface area contributed by atoms with Crippen molar-refractivity contribution in [2.24, 2.45) is 4.99 Å². The molecule has 0 aliphatic carbocycles. The minimum atomic E-state index is -0.912. The molecular formula is C28H31N9O4. The predicted octanol–water partition coefficient (Wildman–Crippen LogP) is 5.25. The predicted molar refractivity (Wildman–Crippen MR) is 156 cm³/mol. The number of nitrogens with zero attached hydrogens (tertiary/aromatic N) is 5. The highest BCUT2D eigenvalue weighted by atomic mass is 16.5. The Kier molecular flexibility index (Phi) is 8.84. The largest absolute Gasteiger partial charge is 0.480 e. The molecule has 212 valence electrons. The van der Waals surface area contributed by atoms with Crippen LogP contribution in [0.3, 0.4) is 0 Å². The Hall–Kier alpha value is -5.20. The highest BCUT2D eigenvalue weighted by molar-refractivity contribution is 5.79. The molecule has 1 atom stereocenters. The van der Waals surface area contributed by atoms with Gasteiger partial charge in [0.15, 0.2) is 13.1 Å². The van der Waals surface area contributed by atoms with E-state index in [1.54, 1.807) is 30.3 Å². The molecule has 5 aromatic rings. The van der Waals surface area contributed by atoms with E-state index in [-0.39, 0.29) is 6.73 Å². The number of rotatable bonds is 15. The number of benzene rings is 3. The second-order valence-electron chi connectivity index (χ2n) is 9.42. The summed E-state index contributed by atoms with van der Waals surface area (Å²) in [5.74, 6) is -0.00651. The number of carboxylic acid groups (broad SMARTS) is 1. The number of anilines is 2. The molecule has 1 unspecified atom stereocenters. The number of hydrogen-bond acceptors (Lipinski definition) is 10. The number of fused-ring (bicyclic) bond motifs is 2. The van der Waals surface area contributed by atoms with Crippen LogP contribution < -0.4 is 20.1 Å². The average molecular weight is 558 g/mol. The van der Waals surface area contributed by atoms with E-state index in [1.807, 2.05) is 24.3 Å². The van der Waals surface area contributed by atoms with Crippen molar-refractivity contribution in [3.05, 3.63) is 54.6 Å². The molecule has 3 aromatic carbocycles. The number of aromatic nitrogens is 6. The third-order valence-electron chi connectivity index (χ3n) is 6.39. The number of unbranched alkanes of at least 4 members (excludes halogenated alkanes) is 3. The molecule has 41 heavy (non-hydrogen) atoms. The van der Waals surface area contributed by atoms with Crippen molar-refractivity contribution in [1.82, 2.24) is 30.8 Å².